The van der Waals surface area contributed by atoms with Crippen molar-refractivity contribution >= 4 is 59.0 Å². The number of thiophene rings is 1. The molecule has 1 aliphatic carbocycles. The molecule has 2 aromatic heterocycles. The molecule has 0 unspecified atom stereocenters. The van der Waals surface area contributed by atoms with Gasteiger partial charge in [0.15, 0.2) is 5.69 Å². The summed E-state index contributed by atoms with van der Waals surface area (Å²) in [5, 5.41) is 4.98. The third-order valence-electron chi connectivity index (χ3n) is 9.41. The molecule has 0 atom stereocenters. The number of para-hydroxylation sites is 2. The molecule has 43 heavy (non-hydrogen) atoms. The molecule has 6 aromatic carbocycles. The van der Waals surface area contributed by atoms with Crippen LogP contribution in [0.1, 0.15) is 25.0 Å². The van der Waals surface area contributed by atoms with Gasteiger partial charge in [-0.2, -0.15) is 0 Å². The van der Waals surface area contributed by atoms with Crippen LogP contribution >= 0.6 is 11.3 Å². The Balaban J connectivity index is 1.32. The molecule has 202 valence electrons. The fraction of sp³-hybridized carbons (Fsp3) is 0.0750. The molecular weight excluding hydrogens is 541 g/mol. The van der Waals surface area contributed by atoms with Gasteiger partial charge in [-0.05, 0) is 58.1 Å². The second-order valence-corrected chi connectivity index (χ2v) is 13.1. The first-order valence-electron chi connectivity index (χ1n) is 14.7. The molecule has 0 spiro atoms. The summed E-state index contributed by atoms with van der Waals surface area (Å²) in [5.41, 5.74) is 11.5. The number of hydrogen-bond donors (Lipinski definition) is 0. The molecule has 0 saturated carbocycles. The largest absolute Gasteiger partial charge is 0.310 e. The van der Waals surface area contributed by atoms with Crippen LogP contribution in [0.4, 0.5) is 5.69 Å². The molecule has 2 nitrogen and oxygen atoms in total. The topological polar surface area (TPSA) is 9.29 Å². The van der Waals surface area contributed by atoms with Crippen LogP contribution in [0.15, 0.2) is 121 Å². The number of benzene rings is 6. The van der Waals surface area contributed by atoms with Crippen LogP contribution in [-0.4, -0.2) is 4.57 Å². The van der Waals surface area contributed by atoms with E-state index in [4.69, 9.17) is 6.57 Å². The maximum absolute atomic E-state index is 8.15. The lowest BCUT2D eigenvalue weighted by molar-refractivity contribution is 0.667. The minimum absolute atomic E-state index is 0.0600. The van der Waals surface area contributed by atoms with Crippen LogP contribution in [0, 0.1) is 6.57 Å². The molecule has 0 bridgehead atoms. The van der Waals surface area contributed by atoms with Crippen LogP contribution < -0.4 is 0 Å². The van der Waals surface area contributed by atoms with Crippen molar-refractivity contribution in [3.8, 4) is 27.9 Å². The third-order valence-corrected chi connectivity index (χ3v) is 10.6. The zero-order valence-corrected chi connectivity index (χ0v) is 24.7. The Morgan fingerprint density at radius 2 is 1.37 bits per heavy atom. The summed E-state index contributed by atoms with van der Waals surface area (Å²) in [6.07, 6.45) is 0. The van der Waals surface area contributed by atoms with Crippen LogP contribution in [0.3, 0.4) is 0 Å². The Morgan fingerprint density at radius 1 is 0.651 bits per heavy atom. The van der Waals surface area contributed by atoms with Gasteiger partial charge in [-0.15, -0.1) is 11.3 Å². The van der Waals surface area contributed by atoms with Crippen LogP contribution in [0.25, 0.3) is 74.8 Å². The summed E-state index contributed by atoms with van der Waals surface area (Å²) >= 11 is 1.89. The first-order chi connectivity index (χ1) is 21.1. The summed E-state index contributed by atoms with van der Waals surface area (Å²) in [4.78, 5) is 4.04. The van der Waals surface area contributed by atoms with E-state index in [9.17, 15) is 0 Å². The summed E-state index contributed by atoms with van der Waals surface area (Å²) in [5.74, 6) is 0. The van der Waals surface area contributed by atoms with Crippen molar-refractivity contribution < 1.29 is 0 Å². The zero-order valence-electron chi connectivity index (χ0n) is 23.8. The number of nitrogens with zero attached hydrogens (tertiary/aromatic N) is 2. The highest BCUT2D eigenvalue weighted by molar-refractivity contribution is 7.26. The van der Waals surface area contributed by atoms with E-state index in [-0.39, 0.29) is 5.41 Å². The van der Waals surface area contributed by atoms with Crippen LogP contribution in [-0.2, 0) is 5.41 Å². The Labute approximate surface area is 253 Å². The number of hydrogen-bond acceptors (Lipinski definition) is 1. The fourth-order valence-electron chi connectivity index (χ4n) is 7.52. The van der Waals surface area contributed by atoms with Crippen molar-refractivity contribution in [3.05, 3.63) is 144 Å². The first-order valence-corrected chi connectivity index (χ1v) is 15.5. The Bertz CT molecular complexity index is 2450. The predicted molar refractivity (Wildman–Crippen MR) is 183 cm³/mol. The van der Waals surface area contributed by atoms with Gasteiger partial charge in [0.2, 0.25) is 0 Å². The number of fused-ring (bicyclic) bond motifs is 10. The second kappa shape index (κ2) is 8.67. The SMILES string of the molecule is [C-]#[N+]c1cccc(-n2c3ccccc3c3ccccc32)c1-c1ccc2sc3c4c(ccc3c2c1)-c1ccccc1C4(C)C. The Hall–Kier alpha value is -5.17. The zero-order chi connectivity index (χ0) is 28.9. The van der Waals surface area contributed by atoms with E-state index in [0.717, 1.165) is 27.8 Å². The quantitative estimate of drug-likeness (QED) is 0.184. The lowest BCUT2D eigenvalue weighted by atomic mass is 9.82. The second-order valence-electron chi connectivity index (χ2n) is 12.0. The van der Waals surface area contributed by atoms with E-state index >= 15 is 0 Å². The minimum atomic E-state index is -0.0600. The fourth-order valence-corrected chi connectivity index (χ4v) is 8.91. The number of aromatic nitrogens is 1. The Kier molecular flexibility index (Phi) is 4.93. The number of rotatable bonds is 2. The molecular formula is C40H26N2S. The summed E-state index contributed by atoms with van der Waals surface area (Å²) < 4.78 is 4.97. The molecule has 1 aliphatic rings. The van der Waals surface area contributed by atoms with Gasteiger partial charge in [0, 0.05) is 47.6 Å². The van der Waals surface area contributed by atoms with Gasteiger partial charge in [-0.25, -0.2) is 4.85 Å². The van der Waals surface area contributed by atoms with Gasteiger partial charge >= 0.3 is 0 Å². The average Bonchev–Trinajstić information content (AvgIpc) is 3.66. The average molecular weight is 567 g/mol. The van der Waals surface area contributed by atoms with E-state index in [1.165, 1.54) is 53.2 Å². The summed E-state index contributed by atoms with van der Waals surface area (Å²) in [6.45, 7) is 12.9. The van der Waals surface area contributed by atoms with E-state index in [1.807, 2.05) is 23.5 Å². The molecule has 0 fully saturated rings. The Morgan fingerprint density at radius 3 is 2.14 bits per heavy atom. The van der Waals surface area contributed by atoms with Gasteiger partial charge < -0.3 is 4.57 Å². The third kappa shape index (κ3) is 3.22. The monoisotopic (exact) mass is 566 g/mol. The molecule has 8 aromatic rings. The van der Waals surface area contributed by atoms with Gasteiger partial charge in [-0.1, -0.05) is 105 Å². The lowest BCUT2D eigenvalue weighted by Gasteiger charge is -2.22. The van der Waals surface area contributed by atoms with Gasteiger partial charge in [0.05, 0.1) is 17.6 Å². The normalized spacial score (nSPS) is 13.5. The van der Waals surface area contributed by atoms with Crippen LogP contribution in [0.5, 0.6) is 0 Å². The van der Waals surface area contributed by atoms with E-state index in [1.54, 1.807) is 0 Å². The van der Waals surface area contributed by atoms with E-state index in [0.29, 0.717) is 5.69 Å². The molecule has 0 N–H and O–H groups in total. The predicted octanol–water partition coefficient (Wildman–Crippen LogP) is 11.7. The smallest absolute Gasteiger partial charge is 0.196 e. The molecule has 9 rings (SSSR count). The highest BCUT2D eigenvalue weighted by Crippen LogP contribution is 2.54. The lowest BCUT2D eigenvalue weighted by Crippen LogP contribution is -2.14. The molecule has 0 radical (unpaired) electrons. The van der Waals surface area contributed by atoms with Crippen molar-refractivity contribution in [1.29, 1.82) is 0 Å². The van der Waals surface area contributed by atoms with Crippen molar-refractivity contribution in [1.82, 2.24) is 4.57 Å². The van der Waals surface area contributed by atoms with E-state index < -0.39 is 0 Å². The maximum atomic E-state index is 8.15. The molecule has 0 saturated heterocycles. The molecule has 0 aliphatic heterocycles. The molecule has 0 amide bonds. The standard InChI is InChI=1S/C40H26N2S/c1-40(2)31-14-7-4-11-25(31)28-20-21-29-30-23-24(19-22-36(30)43-39(29)38(28)40)37-32(41-3)15-10-18-35(37)42-33-16-8-5-12-26(33)27-13-6-9-17-34(27)42/h4-23H,1-2H3. The van der Waals surface area contributed by atoms with Gasteiger partial charge in [-0.3, -0.25) is 0 Å². The molecule has 3 heteroatoms. The van der Waals surface area contributed by atoms with Crippen molar-refractivity contribution in [2.75, 3.05) is 0 Å². The minimum Gasteiger partial charge on any atom is -0.310 e. The van der Waals surface area contributed by atoms with Crippen molar-refractivity contribution in [3.63, 3.8) is 0 Å². The van der Waals surface area contributed by atoms with E-state index in [2.05, 4.69) is 132 Å². The molecule has 2 heterocycles. The summed E-state index contributed by atoms with van der Waals surface area (Å²) in [6, 6.07) is 43.5. The first kappa shape index (κ1) is 24.4. The summed E-state index contributed by atoms with van der Waals surface area (Å²) in [7, 11) is 0. The van der Waals surface area contributed by atoms with Gasteiger partial charge in [0.1, 0.15) is 0 Å². The van der Waals surface area contributed by atoms with Crippen LogP contribution in [0.2, 0.25) is 0 Å². The van der Waals surface area contributed by atoms with Crippen molar-refractivity contribution in [2.45, 2.75) is 19.3 Å². The maximum Gasteiger partial charge on any atom is 0.196 e. The van der Waals surface area contributed by atoms with Gasteiger partial charge in [0.25, 0.3) is 0 Å². The van der Waals surface area contributed by atoms with Crippen molar-refractivity contribution in [2.24, 2.45) is 0 Å². The highest BCUT2D eigenvalue weighted by atomic mass is 32.1. The highest BCUT2D eigenvalue weighted by Gasteiger charge is 2.37.